The van der Waals surface area contributed by atoms with E-state index >= 15 is 0 Å². The van der Waals surface area contributed by atoms with Gasteiger partial charge in [0.2, 0.25) is 10.0 Å². The molecule has 136 valence electrons. The maximum absolute atomic E-state index is 12.9. The fourth-order valence-electron chi connectivity index (χ4n) is 2.47. The third-order valence-corrected chi connectivity index (χ3v) is 5.69. The fourth-order valence-corrected chi connectivity index (χ4v) is 3.87. The van der Waals surface area contributed by atoms with Crippen LogP contribution in [0.25, 0.3) is 0 Å². The van der Waals surface area contributed by atoms with Gasteiger partial charge in [-0.15, -0.1) is 0 Å². The lowest BCUT2D eigenvalue weighted by atomic mass is 10.2. The van der Waals surface area contributed by atoms with Gasteiger partial charge in [0.15, 0.2) is 11.5 Å². The molecule has 0 aliphatic rings. The highest BCUT2D eigenvalue weighted by molar-refractivity contribution is 7.89. The standard InChI is InChI=1S/C18H23NO5S/c1-13-6-8-16(23-4)18(10-13)25(20,21)19(2)12-14-7-9-15(22-3)17(11-14)24-5/h6-11H,12H2,1-5H3. The maximum atomic E-state index is 12.9. The number of ether oxygens (including phenoxy) is 3. The van der Waals surface area contributed by atoms with Gasteiger partial charge in [0.05, 0.1) is 21.3 Å². The lowest BCUT2D eigenvalue weighted by Crippen LogP contribution is -2.27. The molecule has 2 rings (SSSR count). The molecular weight excluding hydrogens is 342 g/mol. The molecule has 7 heteroatoms. The fraction of sp³-hybridized carbons (Fsp3) is 0.333. The Hall–Kier alpha value is -2.25. The largest absolute Gasteiger partial charge is 0.495 e. The summed E-state index contributed by atoms with van der Waals surface area (Å²) in [6.45, 7) is 2.03. The Bertz CT molecular complexity index is 849. The Kier molecular flexibility index (Phi) is 5.92. The lowest BCUT2D eigenvalue weighted by molar-refractivity contribution is 0.354. The second kappa shape index (κ2) is 7.76. The molecule has 0 fully saturated rings. The van der Waals surface area contributed by atoms with Crippen molar-refractivity contribution in [2.45, 2.75) is 18.4 Å². The van der Waals surface area contributed by atoms with E-state index in [9.17, 15) is 8.42 Å². The van der Waals surface area contributed by atoms with E-state index in [0.29, 0.717) is 17.2 Å². The molecule has 0 aromatic heterocycles. The van der Waals surface area contributed by atoms with Gasteiger partial charge in [0, 0.05) is 13.6 Å². The van der Waals surface area contributed by atoms with E-state index in [-0.39, 0.29) is 11.4 Å². The second-order valence-electron chi connectivity index (χ2n) is 5.60. The van der Waals surface area contributed by atoms with Crippen LogP contribution in [0.15, 0.2) is 41.3 Å². The van der Waals surface area contributed by atoms with Crippen molar-refractivity contribution >= 4 is 10.0 Å². The van der Waals surface area contributed by atoms with Gasteiger partial charge < -0.3 is 14.2 Å². The van der Waals surface area contributed by atoms with E-state index in [2.05, 4.69) is 0 Å². The highest BCUT2D eigenvalue weighted by Crippen LogP contribution is 2.30. The van der Waals surface area contributed by atoms with Gasteiger partial charge >= 0.3 is 0 Å². The number of hydrogen-bond donors (Lipinski definition) is 0. The third kappa shape index (κ3) is 4.05. The van der Waals surface area contributed by atoms with Crippen molar-refractivity contribution in [3.63, 3.8) is 0 Å². The monoisotopic (exact) mass is 365 g/mol. The van der Waals surface area contributed by atoms with Crippen molar-refractivity contribution in [3.8, 4) is 17.2 Å². The Labute approximate surface area is 149 Å². The molecule has 6 nitrogen and oxygen atoms in total. The summed E-state index contributed by atoms with van der Waals surface area (Å²) in [5.74, 6) is 1.47. The molecule has 0 bridgehead atoms. The van der Waals surface area contributed by atoms with Gasteiger partial charge in [0.1, 0.15) is 10.6 Å². The number of rotatable bonds is 7. The normalized spacial score (nSPS) is 11.4. The van der Waals surface area contributed by atoms with Crippen LogP contribution in [0.5, 0.6) is 17.2 Å². The van der Waals surface area contributed by atoms with Crippen LogP contribution in [-0.4, -0.2) is 41.1 Å². The summed E-state index contributed by atoms with van der Waals surface area (Å²) in [5.41, 5.74) is 1.63. The van der Waals surface area contributed by atoms with Gasteiger partial charge in [-0.3, -0.25) is 0 Å². The van der Waals surface area contributed by atoms with E-state index in [1.807, 2.05) is 13.0 Å². The van der Waals surface area contributed by atoms with Crippen LogP contribution >= 0.6 is 0 Å². The molecule has 0 saturated carbocycles. The van der Waals surface area contributed by atoms with Crippen molar-refractivity contribution in [2.24, 2.45) is 0 Å². The van der Waals surface area contributed by atoms with Crippen LogP contribution < -0.4 is 14.2 Å². The molecule has 0 spiro atoms. The summed E-state index contributed by atoms with van der Waals surface area (Å²) >= 11 is 0. The number of aryl methyl sites for hydroxylation is 1. The van der Waals surface area contributed by atoms with E-state index in [1.165, 1.54) is 18.5 Å². The average Bonchev–Trinajstić information content (AvgIpc) is 2.61. The Morgan fingerprint density at radius 3 is 2.08 bits per heavy atom. The molecule has 0 saturated heterocycles. The van der Waals surface area contributed by atoms with Crippen molar-refractivity contribution in [1.29, 1.82) is 0 Å². The summed E-state index contributed by atoms with van der Waals surface area (Å²) in [7, 11) is 2.39. The molecule has 2 aromatic rings. The first-order valence-electron chi connectivity index (χ1n) is 7.65. The molecular formula is C18H23NO5S. The number of methoxy groups -OCH3 is 3. The zero-order chi connectivity index (χ0) is 18.6. The minimum Gasteiger partial charge on any atom is -0.495 e. The highest BCUT2D eigenvalue weighted by atomic mass is 32.2. The van der Waals surface area contributed by atoms with E-state index in [1.54, 1.807) is 44.6 Å². The number of sulfonamides is 1. The topological polar surface area (TPSA) is 65.1 Å². The summed E-state index contributed by atoms with van der Waals surface area (Å²) in [5, 5.41) is 0. The van der Waals surface area contributed by atoms with Crippen LogP contribution in [0.4, 0.5) is 0 Å². The molecule has 0 aliphatic carbocycles. The number of hydrogen-bond acceptors (Lipinski definition) is 5. The predicted molar refractivity (Wildman–Crippen MR) is 95.9 cm³/mol. The molecule has 25 heavy (non-hydrogen) atoms. The number of benzene rings is 2. The molecule has 0 amide bonds. The smallest absolute Gasteiger partial charge is 0.246 e. The van der Waals surface area contributed by atoms with Gasteiger partial charge in [-0.2, -0.15) is 4.31 Å². The quantitative estimate of drug-likeness (QED) is 0.755. The van der Waals surface area contributed by atoms with Crippen LogP contribution in [0, 0.1) is 6.92 Å². The highest BCUT2D eigenvalue weighted by Gasteiger charge is 2.25. The molecule has 2 aromatic carbocycles. The van der Waals surface area contributed by atoms with Crippen molar-refractivity contribution in [2.75, 3.05) is 28.4 Å². The molecule has 0 N–H and O–H groups in total. The Balaban J connectivity index is 2.34. The summed E-state index contributed by atoms with van der Waals surface area (Å²) in [6.07, 6.45) is 0. The van der Waals surface area contributed by atoms with Gasteiger partial charge in [-0.05, 0) is 42.3 Å². The third-order valence-electron chi connectivity index (χ3n) is 3.86. The first-order chi connectivity index (χ1) is 11.8. The Morgan fingerprint density at radius 2 is 1.48 bits per heavy atom. The van der Waals surface area contributed by atoms with E-state index < -0.39 is 10.0 Å². The summed E-state index contributed by atoms with van der Waals surface area (Å²) in [4.78, 5) is 0.151. The molecule has 0 heterocycles. The lowest BCUT2D eigenvalue weighted by Gasteiger charge is -2.20. The van der Waals surface area contributed by atoms with Gasteiger partial charge in [-0.1, -0.05) is 12.1 Å². The van der Waals surface area contributed by atoms with Crippen molar-refractivity contribution in [1.82, 2.24) is 4.31 Å². The van der Waals surface area contributed by atoms with Crippen molar-refractivity contribution in [3.05, 3.63) is 47.5 Å². The van der Waals surface area contributed by atoms with Crippen LogP contribution in [0.2, 0.25) is 0 Å². The Morgan fingerprint density at radius 1 is 0.880 bits per heavy atom. The van der Waals surface area contributed by atoms with Crippen LogP contribution in [0.3, 0.4) is 0 Å². The molecule has 0 atom stereocenters. The zero-order valence-electron chi connectivity index (χ0n) is 15.1. The van der Waals surface area contributed by atoms with Gasteiger partial charge in [-0.25, -0.2) is 8.42 Å². The second-order valence-corrected chi connectivity index (χ2v) is 7.62. The average molecular weight is 365 g/mol. The first-order valence-corrected chi connectivity index (χ1v) is 9.09. The van der Waals surface area contributed by atoms with E-state index in [0.717, 1.165) is 11.1 Å². The molecule has 0 radical (unpaired) electrons. The SMILES string of the molecule is COc1ccc(CN(C)S(=O)(=O)c2cc(C)ccc2OC)cc1OC. The zero-order valence-corrected chi connectivity index (χ0v) is 15.9. The maximum Gasteiger partial charge on any atom is 0.246 e. The molecule has 0 aliphatic heterocycles. The number of nitrogens with zero attached hydrogens (tertiary/aromatic N) is 1. The van der Waals surface area contributed by atoms with Crippen molar-refractivity contribution < 1.29 is 22.6 Å². The predicted octanol–water partition coefficient (Wildman–Crippen LogP) is 2.84. The minimum absolute atomic E-state index is 0.151. The molecule has 0 unspecified atom stereocenters. The van der Waals surface area contributed by atoms with Gasteiger partial charge in [0.25, 0.3) is 0 Å². The van der Waals surface area contributed by atoms with E-state index in [4.69, 9.17) is 14.2 Å². The summed E-state index contributed by atoms with van der Waals surface area (Å²) in [6, 6.07) is 10.4. The van der Waals surface area contributed by atoms with Crippen LogP contribution in [-0.2, 0) is 16.6 Å². The summed E-state index contributed by atoms with van der Waals surface area (Å²) < 4.78 is 42.8. The van der Waals surface area contributed by atoms with Crippen LogP contribution in [0.1, 0.15) is 11.1 Å². The first kappa shape index (κ1) is 19.1. The minimum atomic E-state index is -3.70.